The van der Waals surface area contributed by atoms with E-state index in [4.69, 9.17) is 11.2 Å². The fourth-order valence-electron chi connectivity index (χ4n) is 2.03. The SMILES string of the molecule is C#CCOCCC(=O)Nc1cccc(C(=O)Nc2cccc(F)c2)c1. The Morgan fingerprint density at radius 1 is 1.08 bits per heavy atom. The highest BCUT2D eigenvalue weighted by atomic mass is 19.1. The molecule has 0 radical (unpaired) electrons. The van der Waals surface area contributed by atoms with Gasteiger partial charge >= 0.3 is 0 Å². The molecule has 0 heterocycles. The number of terminal acetylenes is 1. The van der Waals surface area contributed by atoms with Crippen LogP contribution in [0.2, 0.25) is 0 Å². The molecule has 5 nitrogen and oxygen atoms in total. The largest absolute Gasteiger partial charge is 0.368 e. The topological polar surface area (TPSA) is 67.4 Å². The Morgan fingerprint density at radius 2 is 1.80 bits per heavy atom. The molecule has 0 aromatic heterocycles. The monoisotopic (exact) mass is 340 g/mol. The summed E-state index contributed by atoms with van der Waals surface area (Å²) in [5.74, 6) is 1.22. The smallest absolute Gasteiger partial charge is 0.255 e. The first-order chi connectivity index (χ1) is 12.1. The molecular formula is C19H17FN2O3. The van der Waals surface area contributed by atoms with Crippen LogP contribution in [0.15, 0.2) is 48.5 Å². The number of anilines is 2. The van der Waals surface area contributed by atoms with Crippen LogP contribution < -0.4 is 10.6 Å². The number of carbonyl (C=O) groups is 2. The van der Waals surface area contributed by atoms with Crippen LogP contribution >= 0.6 is 0 Å². The Bertz CT molecular complexity index is 799. The predicted molar refractivity (Wildman–Crippen MR) is 93.7 cm³/mol. The number of hydrogen-bond donors (Lipinski definition) is 2. The van der Waals surface area contributed by atoms with E-state index < -0.39 is 11.7 Å². The molecule has 2 N–H and O–H groups in total. The van der Waals surface area contributed by atoms with Crippen LogP contribution in [0.3, 0.4) is 0 Å². The Morgan fingerprint density at radius 3 is 2.52 bits per heavy atom. The fraction of sp³-hybridized carbons (Fsp3) is 0.158. The van der Waals surface area contributed by atoms with Gasteiger partial charge in [-0.25, -0.2) is 4.39 Å². The molecule has 0 aliphatic carbocycles. The van der Waals surface area contributed by atoms with Crippen molar-refractivity contribution in [3.8, 4) is 12.3 Å². The molecule has 0 atom stereocenters. The second kappa shape index (κ2) is 9.21. The van der Waals surface area contributed by atoms with Crippen molar-refractivity contribution in [2.24, 2.45) is 0 Å². The first-order valence-corrected chi connectivity index (χ1v) is 7.56. The lowest BCUT2D eigenvalue weighted by Crippen LogP contribution is -2.16. The van der Waals surface area contributed by atoms with E-state index >= 15 is 0 Å². The fourth-order valence-corrected chi connectivity index (χ4v) is 2.03. The number of nitrogens with one attached hydrogen (secondary N) is 2. The molecule has 0 saturated carbocycles. The molecular weight excluding hydrogens is 323 g/mol. The Balaban J connectivity index is 1.95. The maximum atomic E-state index is 13.2. The maximum Gasteiger partial charge on any atom is 0.255 e. The maximum absolute atomic E-state index is 13.2. The molecule has 0 saturated heterocycles. The highest BCUT2D eigenvalue weighted by Crippen LogP contribution is 2.14. The Kier molecular flexibility index (Phi) is 6.69. The van der Waals surface area contributed by atoms with Gasteiger partial charge in [0.1, 0.15) is 12.4 Å². The van der Waals surface area contributed by atoms with Crippen LogP contribution in [0.4, 0.5) is 15.8 Å². The molecule has 2 aromatic rings. The highest BCUT2D eigenvalue weighted by Gasteiger charge is 2.09. The summed E-state index contributed by atoms with van der Waals surface area (Å²) in [6, 6.07) is 12.0. The van der Waals surface area contributed by atoms with Gasteiger partial charge in [-0.15, -0.1) is 6.42 Å². The van der Waals surface area contributed by atoms with Gasteiger partial charge in [-0.1, -0.05) is 18.1 Å². The van der Waals surface area contributed by atoms with E-state index in [-0.39, 0.29) is 25.5 Å². The molecule has 25 heavy (non-hydrogen) atoms. The predicted octanol–water partition coefficient (Wildman–Crippen LogP) is 3.06. The van der Waals surface area contributed by atoms with Gasteiger partial charge in [0.15, 0.2) is 0 Å². The van der Waals surface area contributed by atoms with Crippen molar-refractivity contribution in [2.45, 2.75) is 6.42 Å². The second-order valence-electron chi connectivity index (χ2n) is 5.10. The summed E-state index contributed by atoms with van der Waals surface area (Å²) >= 11 is 0. The molecule has 0 unspecified atom stereocenters. The number of carbonyl (C=O) groups excluding carboxylic acids is 2. The van der Waals surface area contributed by atoms with Crippen molar-refractivity contribution in [3.05, 3.63) is 59.9 Å². The normalized spacial score (nSPS) is 9.92. The third-order valence-corrected chi connectivity index (χ3v) is 3.15. The molecule has 0 aliphatic heterocycles. The second-order valence-corrected chi connectivity index (χ2v) is 5.10. The lowest BCUT2D eigenvalue weighted by atomic mass is 10.1. The van der Waals surface area contributed by atoms with Gasteiger partial charge in [-0.05, 0) is 36.4 Å². The molecule has 0 spiro atoms. The van der Waals surface area contributed by atoms with Crippen molar-refractivity contribution < 1.29 is 18.7 Å². The molecule has 0 fully saturated rings. The standard InChI is InChI=1S/C19H17FN2O3/c1-2-10-25-11-9-18(23)21-16-7-3-5-14(12-16)19(24)22-17-8-4-6-15(20)13-17/h1,3-8,12-13H,9-11H2,(H,21,23)(H,22,24). The van der Waals surface area contributed by atoms with E-state index in [2.05, 4.69) is 16.6 Å². The molecule has 128 valence electrons. The molecule has 0 bridgehead atoms. The van der Waals surface area contributed by atoms with Crippen molar-refractivity contribution in [1.29, 1.82) is 0 Å². The van der Waals surface area contributed by atoms with E-state index in [1.54, 1.807) is 24.3 Å². The number of halogens is 1. The van der Waals surface area contributed by atoms with Crippen LogP contribution in [0.1, 0.15) is 16.8 Å². The number of hydrogen-bond acceptors (Lipinski definition) is 3. The summed E-state index contributed by atoms with van der Waals surface area (Å²) < 4.78 is 18.2. The summed E-state index contributed by atoms with van der Waals surface area (Å²) in [7, 11) is 0. The lowest BCUT2D eigenvalue weighted by molar-refractivity contribution is -0.117. The van der Waals surface area contributed by atoms with Crippen LogP contribution in [-0.2, 0) is 9.53 Å². The molecule has 6 heteroatoms. The summed E-state index contributed by atoms with van der Waals surface area (Å²) in [5.41, 5.74) is 1.17. The van der Waals surface area contributed by atoms with Gasteiger partial charge in [0.25, 0.3) is 5.91 Å². The number of ether oxygens (including phenoxy) is 1. The zero-order valence-corrected chi connectivity index (χ0v) is 13.4. The first-order valence-electron chi connectivity index (χ1n) is 7.56. The summed E-state index contributed by atoms with van der Waals surface area (Å²) in [6.07, 6.45) is 5.20. The van der Waals surface area contributed by atoms with E-state index in [9.17, 15) is 14.0 Å². The average Bonchev–Trinajstić information content (AvgIpc) is 2.59. The van der Waals surface area contributed by atoms with Crippen LogP contribution in [0, 0.1) is 18.2 Å². The van der Waals surface area contributed by atoms with Crippen LogP contribution in [-0.4, -0.2) is 25.0 Å². The van der Waals surface area contributed by atoms with E-state index in [0.717, 1.165) is 0 Å². The van der Waals surface area contributed by atoms with Crippen LogP contribution in [0.5, 0.6) is 0 Å². The molecule has 0 aliphatic rings. The summed E-state index contributed by atoms with van der Waals surface area (Å²) in [4.78, 5) is 24.0. The summed E-state index contributed by atoms with van der Waals surface area (Å²) in [6.45, 7) is 0.374. The number of rotatable bonds is 7. The molecule has 2 amide bonds. The van der Waals surface area contributed by atoms with Gasteiger partial charge < -0.3 is 15.4 Å². The number of amides is 2. The Labute approximate surface area is 145 Å². The zero-order chi connectivity index (χ0) is 18.1. The van der Waals surface area contributed by atoms with Crippen molar-refractivity contribution in [2.75, 3.05) is 23.8 Å². The first kappa shape index (κ1) is 18.2. The van der Waals surface area contributed by atoms with Gasteiger partial charge in [0.05, 0.1) is 13.0 Å². The quantitative estimate of drug-likeness (QED) is 0.601. The third-order valence-electron chi connectivity index (χ3n) is 3.15. The van der Waals surface area contributed by atoms with Gasteiger partial charge in [0, 0.05) is 16.9 Å². The van der Waals surface area contributed by atoms with Gasteiger partial charge in [-0.3, -0.25) is 9.59 Å². The van der Waals surface area contributed by atoms with E-state index in [1.807, 2.05) is 0 Å². The minimum absolute atomic E-state index is 0.154. The van der Waals surface area contributed by atoms with E-state index in [1.165, 1.54) is 24.3 Å². The molecule has 2 rings (SSSR count). The van der Waals surface area contributed by atoms with Crippen LogP contribution in [0.25, 0.3) is 0 Å². The van der Waals surface area contributed by atoms with E-state index in [0.29, 0.717) is 16.9 Å². The third kappa shape index (κ3) is 6.09. The zero-order valence-electron chi connectivity index (χ0n) is 13.4. The van der Waals surface area contributed by atoms with Crippen molar-refractivity contribution in [1.82, 2.24) is 0 Å². The van der Waals surface area contributed by atoms with Crippen molar-refractivity contribution >= 4 is 23.2 Å². The Hall–Kier alpha value is -3.17. The minimum Gasteiger partial charge on any atom is -0.368 e. The molecule has 2 aromatic carbocycles. The highest BCUT2D eigenvalue weighted by molar-refractivity contribution is 6.05. The van der Waals surface area contributed by atoms with Gasteiger partial charge in [-0.2, -0.15) is 0 Å². The number of benzene rings is 2. The van der Waals surface area contributed by atoms with Crippen molar-refractivity contribution in [3.63, 3.8) is 0 Å². The average molecular weight is 340 g/mol. The van der Waals surface area contributed by atoms with Gasteiger partial charge in [0.2, 0.25) is 5.91 Å². The summed E-state index contributed by atoms with van der Waals surface area (Å²) in [5, 5.41) is 5.27. The lowest BCUT2D eigenvalue weighted by Gasteiger charge is -2.08. The minimum atomic E-state index is -0.439.